The van der Waals surface area contributed by atoms with Gasteiger partial charge in [0.25, 0.3) is 0 Å². The van der Waals surface area contributed by atoms with Crippen molar-refractivity contribution in [3.8, 4) is 0 Å². The Balaban J connectivity index is 1.77. The van der Waals surface area contributed by atoms with Crippen molar-refractivity contribution in [3.63, 3.8) is 0 Å². The standard InChI is InChI=1S/C16H17N3OS/c1-2-5-15(20)18-9-8-13-14(10-18)21-16-17-11-6-3-4-7-12(11)19(13)16/h3-4,6-7H,2,5,8-10H2,1H3. The molecule has 21 heavy (non-hydrogen) atoms. The van der Waals surface area contributed by atoms with Crippen molar-refractivity contribution in [3.05, 3.63) is 34.8 Å². The Bertz CT molecular complexity index is 833. The van der Waals surface area contributed by atoms with Crippen LogP contribution in [0.3, 0.4) is 0 Å². The van der Waals surface area contributed by atoms with Gasteiger partial charge in [-0.1, -0.05) is 30.4 Å². The second-order valence-electron chi connectivity index (χ2n) is 5.51. The number of hydrogen-bond acceptors (Lipinski definition) is 3. The van der Waals surface area contributed by atoms with E-state index in [0.29, 0.717) is 6.42 Å². The lowest BCUT2D eigenvalue weighted by Crippen LogP contribution is -2.35. The van der Waals surface area contributed by atoms with Crippen LogP contribution in [0.2, 0.25) is 0 Å². The van der Waals surface area contributed by atoms with Crippen LogP contribution in [-0.4, -0.2) is 26.7 Å². The highest BCUT2D eigenvalue weighted by Gasteiger charge is 2.25. The molecule has 0 aliphatic carbocycles. The molecule has 0 spiro atoms. The number of imidazole rings is 1. The van der Waals surface area contributed by atoms with Crippen molar-refractivity contribution < 1.29 is 4.79 Å². The lowest BCUT2D eigenvalue weighted by atomic mass is 10.1. The van der Waals surface area contributed by atoms with Gasteiger partial charge in [0.2, 0.25) is 5.91 Å². The Hall–Kier alpha value is -1.88. The summed E-state index contributed by atoms with van der Waals surface area (Å²) < 4.78 is 2.27. The zero-order chi connectivity index (χ0) is 14.4. The summed E-state index contributed by atoms with van der Waals surface area (Å²) in [5.74, 6) is 0.277. The molecule has 0 radical (unpaired) electrons. The Morgan fingerprint density at radius 3 is 3.10 bits per heavy atom. The van der Waals surface area contributed by atoms with Gasteiger partial charge in [-0.25, -0.2) is 4.98 Å². The highest BCUT2D eigenvalue weighted by Crippen LogP contribution is 2.32. The fraction of sp³-hybridized carbons (Fsp3) is 0.375. The highest BCUT2D eigenvalue weighted by molar-refractivity contribution is 7.17. The number of carbonyl (C=O) groups is 1. The Kier molecular flexibility index (Phi) is 2.96. The Labute approximate surface area is 127 Å². The van der Waals surface area contributed by atoms with Gasteiger partial charge in [0.1, 0.15) is 0 Å². The molecule has 5 heteroatoms. The van der Waals surface area contributed by atoms with Gasteiger partial charge < -0.3 is 4.90 Å². The molecule has 0 saturated heterocycles. The van der Waals surface area contributed by atoms with Crippen LogP contribution in [0.1, 0.15) is 30.3 Å². The van der Waals surface area contributed by atoms with Crippen molar-refractivity contribution in [2.45, 2.75) is 32.7 Å². The number of carbonyl (C=O) groups excluding carboxylic acids is 1. The van der Waals surface area contributed by atoms with Crippen LogP contribution in [0.4, 0.5) is 0 Å². The van der Waals surface area contributed by atoms with Crippen LogP contribution >= 0.6 is 11.3 Å². The molecule has 0 fully saturated rings. The first kappa shape index (κ1) is 12.8. The van der Waals surface area contributed by atoms with Gasteiger partial charge in [0.05, 0.1) is 17.6 Å². The summed E-state index contributed by atoms with van der Waals surface area (Å²) in [5.41, 5.74) is 3.57. The van der Waals surface area contributed by atoms with Gasteiger partial charge in [-0.15, -0.1) is 0 Å². The molecule has 0 saturated carbocycles. The third-order valence-electron chi connectivity index (χ3n) is 4.11. The molecule has 108 valence electrons. The molecule has 0 bridgehead atoms. The first-order chi connectivity index (χ1) is 10.3. The number of aromatic nitrogens is 2. The molecular formula is C16H17N3OS. The zero-order valence-corrected chi connectivity index (χ0v) is 12.8. The summed E-state index contributed by atoms with van der Waals surface area (Å²) in [6.45, 7) is 3.62. The van der Waals surface area contributed by atoms with Crippen LogP contribution in [0.5, 0.6) is 0 Å². The third kappa shape index (κ3) is 1.95. The summed E-state index contributed by atoms with van der Waals surface area (Å²) in [7, 11) is 0. The monoisotopic (exact) mass is 299 g/mol. The second-order valence-corrected chi connectivity index (χ2v) is 6.57. The molecule has 3 aromatic rings. The molecule has 1 aliphatic rings. The lowest BCUT2D eigenvalue weighted by molar-refractivity contribution is -0.132. The SMILES string of the molecule is CCCC(=O)N1CCc2c(sc3nc4ccccc4n23)C1. The number of benzene rings is 1. The predicted molar refractivity (Wildman–Crippen MR) is 84.6 cm³/mol. The van der Waals surface area contributed by atoms with E-state index in [0.717, 1.165) is 36.4 Å². The normalized spacial score (nSPS) is 14.8. The first-order valence-electron chi connectivity index (χ1n) is 7.43. The minimum absolute atomic E-state index is 0.277. The summed E-state index contributed by atoms with van der Waals surface area (Å²) in [4.78, 5) is 21.1. The maximum atomic E-state index is 12.1. The van der Waals surface area contributed by atoms with E-state index in [1.165, 1.54) is 16.1 Å². The lowest BCUT2D eigenvalue weighted by Gasteiger charge is -2.26. The average molecular weight is 299 g/mol. The number of hydrogen-bond donors (Lipinski definition) is 0. The van der Waals surface area contributed by atoms with Gasteiger partial charge >= 0.3 is 0 Å². The number of thiazole rings is 1. The fourth-order valence-electron chi connectivity index (χ4n) is 3.08. The number of nitrogens with zero attached hydrogens (tertiary/aromatic N) is 3. The van der Waals surface area contributed by atoms with E-state index in [1.807, 2.05) is 11.0 Å². The first-order valence-corrected chi connectivity index (χ1v) is 8.25. The molecule has 4 rings (SSSR count). The van der Waals surface area contributed by atoms with Gasteiger partial charge in [0.15, 0.2) is 4.96 Å². The molecular weight excluding hydrogens is 282 g/mol. The molecule has 0 unspecified atom stereocenters. The van der Waals surface area contributed by atoms with Crippen LogP contribution in [0.15, 0.2) is 24.3 Å². The van der Waals surface area contributed by atoms with Gasteiger partial charge in [-0.3, -0.25) is 9.20 Å². The van der Waals surface area contributed by atoms with Crippen molar-refractivity contribution in [1.82, 2.24) is 14.3 Å². The van der Waals surface area contributed by atoms with E-state index < -0.39 is 0 Å². The van der Waals surface area contributed by atoms with Crippen molar-refractivity contribution >= 4 is 33.2 Å². The quantitative estimate of drug-likeness (QED) is 0.728. The third-order valence-corrected chi connectivity index (χ3v) is 5.17. The van der Waals surface area contributed by atoms with E-state index >= 15 is 0 Å². The largest absolute Gasteiger partial charge is 0.337 e. The summed E-state index contributed by atoms with van der Waals surface area (Å²) in [5, 5.41) is 0. The number of amides is 1. The Morgan fingerprint density at radius 1 is 1.38 bits per heavy atom. The van der Waals surface area contributed by atoms with Crippen LogP contribution in [-0.2, 0) is 17.8 Å². The molecule has 0 atom stereocenters. The van der Waals surface area contributed by atoms with Crippen LogP contribution < -0.4 is 0 Å². The maximum absolute atomic E-state index is 12.1. The summed E-state index contributed by atoms with van der Waals surface area (Å²) >= 11 is 1.72. The summed E-state index contributed by atoms with van der Waals surface area (Å²) in [6.07, 6.45) is 2.49. The number of fused-ring (bicyclic) bond motifs is 5. The van der Waals surface area contributed by atoms with E-state index in [2.05, 4.69) is 29.5 Å². The van der Waals surface area contributed by atoms with Crippen molar-refractivity contribution in [2.75, 3.05) is 6.54 Å². The van der Waals surface area contributed by atoms with E-state index in [1.54, 1.807) is 11.3 Å². The van der Waals surface area contributed by atoms with Crippen molar-refractivity contribution in [1.29, 1.82) is 0 Å². The van der Waals surface area contributed by atoms with Gasteiger partial charge in [-0.05, 0) is 18.6 Å². The van der Waals surface area contributed by atoms with Crippen LogP contribution in [0, 0.1) is 0 Å². The zero-order valence-electron chi connectivity index (χ0n) is 12.0. The molecule has 1 aliphatic heterocycles. The highest BCUT2D eigenvalue weighted by atomic mass is 32.1. The average Bonchev–Trinajstić information content (AvgIpc) is 3.01. The van der Waals surface area contributed by atoms with E-state index in [-0.39, 0.29) is 5.91 Å². The minimum atomic E-state index is 0.277. The molecule has 1 aromatic carbocycles. The van der Waals surface area contributed by atoms with Gasteiger partial charge in [0, 0.05) is 30.0 Å². The van der Waals surface area contributed by atoms with Gasteiger partial charge in [-0.2, -0.15) is 0 Å². The minimum Gasteiger partial charge on any atom is -0.337 e. The molecule has 2 aromatic heterocycles. The molecule has 1 amide bonds. The van der Waals surface area contributed by atoms with E-state index in [9.17, 15) is 4.79 Å². The van der Waals surface area contributed by atoms with Crippen LogP contribution in [0.25, 0.3) is 16.0 Å². The second kappa shape index (κ2) is 4.84. The summed E-state index contributed by atoms with van der Waals surface area (Å²) in [6, 6.07) is 8.26. The molecule has 3 heterocycles. The maximum Gasteiger partial charge on any atom is 0.222 e. The fourth-order valence-corrected chi connectivity index (χ4v) is 4.28. The predicted octanol–water partition coefficient (Wildman–Crippen LogP) is 3.23. The topological polar surface area (TPSA) is 37.6 Å². The smallest absolute Gasteiger partial charge is 0.222 e. The Morgan fingerprint density at radius 2 is 2.24 bits per heavy atom. The molecule has 4 nitrogen and oxygen atoms in total. The molecule has 0 N–H and O–H groups in total. The van der Waals surface area contributed by atoms with Crippen molar-refractivity contribution in [2.24, 2.45) is 0 Å². The van der Waals surface area contributed by atoms with E-state index in [4.69, 9.17) is 4.98 Å². The number of rotatable bonds is 2. The number of para-hydroxylation sites is 2.